The number of halogens is 1. The smallest absolute Gasteiger partial charge is 0.198 e. The summed E-state index contributed by atoms with van der Waals surface area (Å²) in [5.41, 5.74) is 2.12. The van der Waals surface area contributed by atoms with E-state index in [4.69, 9.17) is 4.42 Å². The number of hydrogen-bond donors (Lipinski definition) is 1. The van der Waals surface area contributed by atoms with Gasteiger partial charge in [0.05, 0.1) is 15.5 Å². The van der Waals surface area contributed by atoms with E-state index in [1.807, 2.05) is 20.0 Å². The Morgan fingerprint density at radius 2 is 2.11 bits per heavy atom. The topological polar surface area (TPSA) is 51.0 Å². The third-order valence-electron chi connectivity index (χ3n) is 2.82. The van der Waals surface area contributed by atoms with Gasteiger partial charge in [-0.2, -0.15) is 0 Å². The van der Waals surface area contributed by atoms with Gasteiger partial charge in [0.15, 0.2) is 11.6 Å². The van der Waals surface area contributed by atoms with Gasteiger partial charge in [-0.05, 0) is 53.5 Å². The maximum atomic E-state index is 5.49. The summed E-state index contributed by atoms with van der Waals surface area (Å²) in [5.74, 6) is 2.82. The minimum absolute atomic E-state index is 0.554. The molecule has 0 unspecified atom stereocenters. The summed E-state index contributed by atoms with van der Waals surface area (Å²) in [4.78, 5) is 9.21. The Hall–Kier alpha value is -1.11. The molecule has 2 heterocycles. The van der Waals surface area contributed by atoms with Gasteiger partial charge in [-0.3, -0.25) is 0 Å². The normalized spacial score (nSPS) is 11.1. The largest absolute Gasteiger partial charge is 0.461 e. The Balaban J connectivity index is 2.54. The van der Waals surface area contributed by atoms with Crippen LogP contribution in [0.5, 0.6) is 0 Å². The van der Waals surface area contributed by atoms with Crippen LogP contribution in [-0.2, 0) is 6.42 Å². The van der Waals surface area contributed by atoms with Crippen molar-refractivity contribution in [1.82, 2.24) is 9.97 Å². The molecule has 1 N–H and O–H groups in total. The summed E-state index contributed by atoms with van der Waals surface area (Å²) in [6.45, 7) is 6.38. The van der Waals surface area contributed by atoms with Crippen molar-refractivity contribution in [2.45, 2.75) is 27.2 Å². The van der Waals surface area contributed by atoms with Crippen LogP contribution in [0.25, 0.3) is 11.6 Å². The van der Waals surface area contributed by atoms with Crippen molar-refractivity contribution in [3.05, 3.63) is 27.2 Å². The van der Waals surface area contributed by atoms with Crippen LogP contribution in [0.15, 0.2) is 16.7 Å². The number of anilines is 1. The van der Waals surface area contributed by atoms with Gasteiger partial charge in [0.1, 0.15) is 5.82 Å². The van der Waals surface area contributed by atoms with Crippen LogP contribution in [0.2, 0.25) is 0 Å². The van der Waals surface area contributed by atoms with Gasteiger partial charge in [0.25, 0.3) is 0 Å². The van der Waals surface area contributed by atoms with Crippen molar-refractivity contribution in [3.63, 3.8) is 0 Å². The Bertz CT molecular complexity index is 578. The second-order valence-corrected chi connectivity index (χ2v) is 6.02. The number of aromatic nitrogens is 2. The molecule has 0 radical (unpaired) electrons. The molecule has 0 saturated carbocycles. The second-order valence-electron chi connectivity index (χ2n) is 4.94. The van der Waals surface area contributed by atoms with Gasteiger partial charge in [-0.25, -0.2) is 9.97 Å². The van der Waals surface area contributed by atoms with Crippen molar-refractivity contribution < 1.29 is 4.42 Å². The number of furan rings is 1. The predicted octanol–water partition coefficient (Wildman–Crippen LogP) is 3.89. The number of nitrogens with zero attached hydrogens (tertiary/aromatic N) is 2. The van der Waals surface area contributed by atoms with Crippen LogP contribution in [-0.4, -0.2) is 17.0 Å². The third-order valence-corrected chi connectivity index (χ3v) is 3.96. The van der Waals surface area contributed by atoms with E-state index in [0.29, 0.717) is 11.7 Å². The molecule has 0 fully saturated rings. The van der Waals surface area contributed by atoms with Gasteiger partial charge in [-0.15, -0.1) is 0 Å². The van der Waals surface area contributed by atoms with Gasteiger partial charge in [0.2, 0.25) is 0 Å². The molecule has 4 nitrogen and oxygen atoms in total. The van der Waals surface area contributed by atoms with E-state index >= 15 is 0 Å². The van der Waals surface area contributed by atoms with E-state index < -0.39 is 0 Å². The molecule has 0 amide bonds. The van der Waals surface area contributed by atoms with Gasteiger partial charge >= 0.3 is 0 Å². The lowest BCUT2D eigenvalue weighted by molar-refractivity contribution is 0.573. The zero-order valence-electron chi connectivity index (χ0n) is 11.6. The second kappa shape index (κ2) is 5.90. The molecule has 5 heteroatoms. The van der Waals surface area contributed by atoms with E-state index in [-0.39, 0.29) is 0 Å². The average Bonchev–Trinajstić information content (AvgIpc) is 2.77. The molecule has 19 heavy (non-hydrogen) atoms. The molecular weight excluding hydrogens is 353 g/mol. The highest BCUT2D eigenvalue weighted by Gasteiger charge is 2.16. The van der Waals surface area contributed by atoms with Crippen molar-refractivity contribution in [3.8, 4) is 11.6 Å². The van der Waals surface area contributed by atoms with Crippen molar-refractivity contribution in [1.29, 1.82) is 0 Å². The molecule has 102 valence electrons. The van der Waals surface area contributed by atoms with E-state index in [1.54, 1.807) is 6.26 Å². The first-order valence-electron chi connectivity index (χ1n) is 6.31. The Morgan fingerprint density at radius 3 is 2.63 bits per heavy atom. The van der Waals surface area contributed by atoms with E-state index in [1.165, 1.54) is 0 Å². The number of hydrogen-bond acceptors (Lipinski definition) is 4. The van der Waals surface area contributed by atoms with Crippen molar-refractivity contribution in [2.24, 2.45) is 5.92 Å². The molecule has 2 rings (SSSR count). The van der Waals surface area contributed by atoms with Gasteiger partial charge in [0, 0.05) is 7.05 Å². The SMILES string of the molecule is CNc1nc(-c2occc2C)nc(CC(C)C)c1I. The highest BCUT2D eigenvalue weighted by atomic mass is 127. The minimum Gasteiger partial charge on any atom is -0.461 e. The van der Waals surface area contributed by atoms with Crippen molar-refractivity contribution in [2.75, 3.05) is 12.4 Å². The molecule has 0 saturated heterocycles. The number of aryl methyl sites for hydroxylation is 1. The minimum atomic E-state index is 0.554. The molecule has 2 aromatic rings. The van der Waals surface area contributed by atoms with Gasteiger partial charge in [-0.1, -0.05) is 13.8 Å². The first-order chi connectivity index (χ1) is 9.02. The van der Waals surface area contributed by atoms with Crippen LogP contribution >= 0.6 is 22.6 Å². The fraction of sp³-hybridized carbons (Fsp3) is 0.429. The Labute approximate surface area is 127 Å². The molecule has 0 atom stereocenters. The summed E-state index contributed by atoms with van der Waals surface area (Å²) >= 11 is 2.30. The molecular formula is C14H18IN3O. The molecule has 0 aliphatic rings. The standard InChI is InChI=1S/C14H18IN3O/c1-8(2)7-10-11(15)13(16-4)18-14(17-10)12-9(3)5-6-19-12/h5-6,8H,7H2,1-4H3,(H,16,17,18). The molecule has 0 aliphatic heterocycles. The van der Waals surface area contributed by atoms with Crippen LogP contribution in [0, 0.1) is 16.4 Å². The van der Waals surface area contributed by atoms with Crippen LogP contribution in [0.4, 0.5) is 5.82 Å². The summed E-state index contributed by atoms with van der Waals surface area (Å²) in [5, 5.41) is 3.13. The molecule has 0 bridgehead atoms. The average molecular weight is 371 g/mol. The summed E-state index contributed by atoms with van der Waals surface area (Å²) < 4.78 is 6.58. The fourth-order valence-electron chi connectivity index (χ4n) is 1.88. The zero-order chi connectivity index (χ0) is 14.0. The highest BCUT2D eigenvalue weighted by Crippen LogP contribution is 2.27. The lowest BCUT2D eigenvalue weighted by Gasteiger charge is -2.12. The quantitative estimate of drug-likeness (QED) is 0.829. The number of nitrogens with one attached hydrogen (secondary N) is 1. The Morgan fingerprint density at radius 1 is 1.37 bits per heavy atom. The lowest BCUT2D eigenvalue weighted by atomic mass is 10.1. The monoisotopic (exact) mass is 371 g/mol. The molecule has 2 aromatic heterocycles. The Kier molecular flexibility index (Phi) is 4.44. The molecule has 0 aliphatic carbocycles. The molecule has 0 spiro atoms. The van der Waals surface area contributed by atoms with E-state index in [9.17, 15) is 0 Å². The van der Waals surface area contributed by atoms with Crippen LogP contribution in [0.3, 0.4) is 0 Å². The summed E-state index contributed by atoms with van der Waals surface area (Å²) in [7, 11) is 1.88. The zero-order valence-corrected chi connectivity index (χ0v) is 13.8. The van der Waals surface area contributed by atoms with Crippen LogP contribution < -0.4 is 5.32 Å². The lowest BCUT2D eigenvalue weighted by Crippen LogP contribution is -2.07. The van der Waals surface area contributed by atoms with Crippen molar-refractivity contribution >= 4 is 28.4 Å². The van der Waals surface area contributed by atoms with Crippen LogP contribution in [0.1, 0.15) is 25.1 Å². The summed E-state index contributed by atoms with van der Waals surface area (Å²) in [6.07, 6.45) is 2.61. The van der Waals surface area contributed by atoms with E-state index in [0.717, 1.165) is 32.8 Å². The maximum Gasteiger partial charge on any atom is 0.198 e. The first-order valence-corrected chi connectivity index (χ1v) is 7.39. The predicted molar refractivity (Wildman–Crippen MR) is 85.3 cm³/mol. The third kappa shape index (κ3) is 3.08. The number of rotatable bonds is 4. The van der Waals surface area contributed by atoms with Gasteiger partial charge < -0.3 is 9.73 Å². The summed E-state index contributed by atoms with van der Waals surface area (Å²) in [6, 6.07) is 1.93. The highest BCUT2D eigenvalue weighted by molar-refractivity contribution is 14.1. The van der Waals surface area contributed by atoms with E-state index in [2.05, 4.69) is 51.7 Å². The fourth-order valence-corrected chi connectivity index (χ4v) is 2.62. The molecule has 0 aromatic carbocycles. The maximum absolute atomic E-state index is 5.49. The first kappa shape index (κ1) is 14.3.